The molecule has 2 aromatic carbocycles. The van der Waals surface area contributed by atoms with Crippen molar-refractivity contribution < 1.29 is 4.79 Å². The van der Waals surface area contributed by atoms with E-state index in [1.807, 2.05) is 61.5 Å². The Kier molecular flexibility index (Phi) is 6.42. The fourth-order valence-corrected chi connectivity index (χ4v) is 3.24. The highest BCUT2D eigenvalue weighted by Crippen LogP contribution is 2.21. The van der Waals surface area contributed by atoms with E-state index < -0.39 is 0 Å². The van der Waals surface area contributed by atoms with Gasteiger partial charge >= 0.3 is 0 Å². The molecule has 0 aliphatic carbocycles. The van der Waals surface area contributed by atoms with Crippen molar-refractivity contribution in [2.24, 2.45) is 0 Å². The highest BCUT2D eigenvalue weighted by Gasteiger charge is 2.17. The molecule has 1 N–H and O–H groups in total. The molecule has 4 nitrogen and oxygen atoms in total. The normalized spacial score (nSPS) is 12.5. The molecule has 0 radical (unpaired) electrons. The van der Waals surface area contributed by atoms with Gasteiger partial charge in [-0.15, -0.1) is 0 Å². The number of nitrogens with one attached hydrogen (secondary N) is 1. The first-order chi connectivity index (χ1) is 13.2. The average molecular weight is 361 g/mol. The maximum absolute atomic E-state index is 12.4. The topological polar surface area (TPSA) is 46.9 Å². The summed E-state index contributed by atoms with van der Waals surface area (Å²) in [6.45, 7) is 5.12. The summed E-state index contributed by atoms with van der Waals surface area (Å²) in [5.74, 6) is 0.798. The van der Waals surface area contributed by atoms with Gasteiger partial charge < -0.3 is 9.88 Å². The van der Waals surface area contributed by atoms with Crippen molar-refractivity contribution in [3.05, 3.63) is 72.1 Å². The van der Waals surface area contributed by atoms with Crippen LogP contribution in [0, 0.1) is 0 Å². The molecule has 140 valence electrons. The van der Waals surface area contributed by atoms with Crippen molar-refractivity contribution in [3.8, 4) is 0 Å². The maximum Gasteiger partial charge on any atom is 0.244 e. The van der Waals surface area contributed by atoms with Crippen LogP contribution in [0.25, 0.3) is 17.1 Å². The summed E-state index contributed by atoms with van der Waals surface area (Å²) in [4.78, 5) is 17.1. The van der Waals surface area contributed by atoms with Crippen molar-refractivity contribution in [2.75, 3.05) is 0 Å². The second kappa shape index (κ2) is 9.17. The molecular formula is C23H27N3O. The number of unbranched alkanes of at least 4 members (excludes halogenated alkanes) is 2. The van der Waals surface area contributed by atoms with Crippen LogP contribution in [0.15, 0.2) is 60.7 Å². The summed E-state index contributed by atoms with van der Waals surface area (Å²) in [5.41, 5.74) is 3.11. The van der Waals surface area contributed by atoms with Crippen LogP contribution in [-0.4, -0.2) is 15.5 Å². The van der Waals surface area contributed by atoms with Gasteiger partial charge in [0.2, 0.25) is 5.91 Å². The minimum Gasteiger partial charge on any atom is -0.343 e. The molecule has 0 aliphatic heterocycles. The number of aryl methyl sites for hydroxylation is 1. The lowest BCUT2D eigenvalue weighted by atomic mass is 10.2. The van der Waals surface area contributed by atoms with Crippen LogP contribution in [0.2, 0.25) is 0 Å². The Morgan fingerprint density at radius 3 is 2.63 bits per heavy atom. The minimum absolute atomic E-state index is 0.112. The zero-order valence-electron chi connectivity index (χ0n) is 16.1. The number of para-hydroxylation sites is 2. The van der Waals surface area contributed by atoms with E-state index >= 15 is 0 Å². The zero-order chi connectivity index (χ0) is 19.1. The van der Waals surface area contributed by atoms with Crippen LogP contribution in [0.5, 0.6) is 0 Å². The van der Waals surface area contributed by atoms with Gasteiger partial charge in [0.1, 0.15) is 5.82 Å². The lowest BCUT2D eigenvalue weighted by Gasteiger charge is -2.15. The van der Waals surface area contributed by atoms with E-state index in [1.54, 1.807) is 6.08 Å². The Morgan fingerprint density at radius 1 is 1.11 bits per heavy atom. The average Bonchev–Trinajstić information content (AvgIpc) is 3.06. The van der Waals surface area contributed by atoms with Crippen molar-refractivity contribution in [3.63, 3.8) is 0 Å². The van der Waals surface area contributed by atoms with Gasteiger partial charge in [-0.1, -0.05) is 62.2 Å². The quantitative estimate of drug-likeness (QED) is 0.447. The third-order valence-corrected chi connectivity index (χ3v) is 4.64. The van der Waals surface area contributed by atoms with E-state index in [4.69, 9.17) is 4.98 Å². The number of hydrogen-bond donors (Lipinski definition) is 1. The first kappa shape index (κ1) is 18.9. The third-order valence-electron chi connectivity index (χ3n) is 4.64. The number of imidazole rings is 1. The van der Waals surface area contributed by atoms with E-state index in [9.17, 15) is 4.79 Å². The van der Waals surface area contributed by atoms with Crippen LogP contribution in [0.3, 0.4) is 0 Å². The highest BCUT2D eigenvalue weighted by atomic mass is 16.1. The Labute approximate surface area is 160 Å². The van der Waals surface area contributed by atoms with Gasteiger partial charge in [0, 0.05) is 12.6 Å². The molecule has 1 unspecified atom stereocenters. The number of fused-ring (bicyclic) bond motifs is 1. The molecule has 1 heterocycles. The molecule has 1 amide bonds. The van der Waals surface area contributed by atoms with E-state index in [0.29, 0.717) is 0 Å². The Morgan fingerprint density at radius 2 is 1.85 bits per heavy atom. The molecule has 0 bridgehead atoms. The van der Waals surface area contributed by atoms with Crippen LogP contribution >= 0.6 is 0 Å². The second-order valence-electron chi connectivity index (χ2n) is 6.79. The number of rotatable bonds is 8. The summed E-state index contributed by atoms with van der Waals surface area (Å²) in [7, 11) is 0. The number of benzene rings is 2. The Hall–Kier alpha value is -2.88. The van der Waals surface area contributed by atoms with Gasteiger partial charge in [-0.25, -0.2) is 4.98 Å². The molecule has 0 fully saturated rings. The number of nitrogens with zero attached hydrogens (tertiary/aromatic N) is 2. The second-order valence-corrected chi connectivity index (χ2v) is 6.79. The van der Waals surface area contributed by atoms with Gasteiger partial charge in [-0.3, -0.25) is 4.79 Å². The predicted molar refractivity (Wildman–Crippen MR) is 111 cm³/mol. The molecule has 0 saturated carbocycles. The van der Waals surface area contributed by atoms with E-state index in [1.165, 1.54) is 12.8 Å². The smallest absolute Gasteiger partial charge is 0.244 e. The van der Waals surface area contributed by atoms with Crippen LogP contribution in [0.4, 0.5) is 0 Å². The minimum atomic E-state index is -0.160. The van der Waals surface area contributed by atoms with Crippen molar-refractivity contribution >= 4 is 23.0 Å². The third kappa shape index (κ3) is 4.85. The molecular weight excluding hydrogens is 334 g/mol. The predicted octanol–water partition coefficient (Wildman–Crippen LogP) is 5.12. The lowest BCUT2D eigenvalue weighted by molar-refractivity contribution is -0.117. The summed E-state index contributed by atoms with van der Waals surface area (Å²) in [6.07, 6.45) is 6.88. The van der Waals surface area contributed by atoms with Gasteiger partial charge in [0.25, 0.3) is 0 Å². The lowest BCUT2D eigenvalue weighted by Crippen LogP contribution is -2.27. The molecule has 4 heteroatoms. The number of carbonyl (C=O) groups excluding carboxylic acids is 1. The zero-order valence-corrected chi connectivity index (χ0v) is 16.1. The summed E-state index contributed by atoms with van der Waals surface area (Å²) < 4.78 is 2.25. The van der Waals surface area contributed by atoms with E-state index in [-0.39, 0.29) is 11.9 Å². The highest BCUT2D eigenvalue weighted by molar-refractivity contribution is 5.92. The first-order valence-electron chi connectivity index (χ1n) is 9.68. The molecule has 0 saturated heterocycles. The molecule has 3 aromatic rings. The maximum atomic E-state index is 12.4. The standard InChI is InChI=1S/C23H27N3O/c1-3-4-10-17-26-21-14-9-8-13-20(21)25-23(26)18(2)24-22(27)16-15-19-11-6-5-7-12-19/h5-9,11-16,18H,3-4,10,17H2,1-2H3,(H,24,27)/b16-15-. The van der Waals surface area contributed by atoms with E-state index in [0.717, 1.165) is 35.4 Å². The SMILES string of the molecule is CCCCCn1c(C(C)NC(=O)/C=C\c2ccccc2)nc2ccccc21. The summed E-state index contributed by atoms with van der Waals surface area (Å²) in [5, 5.41) is 3.05. The number of amides is 1. The fraction of sp³-hybridized carbons (Fsp3) is 0.304. The van der Waals surface area contributed by atoms with Crippen LogP contribution in [0.1, 0.15) is 50.5 Å². The number of carbonyl (C=O) groups is 1. The van der Waals surface area contributed by atoms with Crippen molar-refractivity contribution in [1.29, 1.82) is 0 Å². The fourth-order valence-electron chi connectivity index (χ4n) is 3.24. The van der Waals surface area contributed by atoms with Crippen molar-refractivity contribution in [2.45, 2.75) is 45.7 Å². The number of aromatic nitrogens is 2. The molecule has 27 heavy (non-hydrogen) atoms. The Bertz CT molecular complexity index is 912. The molecule has 0 aliphatic rings. The largest absolute Gasteiger partial charge is 0.343 e. The number of hydrogen-bond acceptors (Lipinski definition) is 2. The van der Waals surface area contributed by atoms with Crippen LogP contribution < -0.4 is 5.32 Å². The molecule has 1 aromatic heterocycles. The summed E-state index contributed by atoms with van der Waals surface area (Å²) >= 11 is 0. The first-order valence-corrected chi connectivity index (χ1v) is 9.68. The molecule has 0 spiro atoms. The molecule has 1 atom stereocenters. The van der Waals surface area contributed by atoms with Crippen LogP contribution in [-0.2, 0) is 11.3 Å². The van der Waals surface area contributed by atoms with Gasteiger partial charge in [0.15, 0.2) is 0 Å². The van der Waals surface area contributed by atoms with Gasteiger partial charge in [0.05, 0.1) is 17.1 Å². The van der Waals surface area contributed by atoms with Gasteiger partial charge in [-0.05, 0) is 37.1 Å². The van der Waals surface area contributed by atoms with Crippen molar-refractivity contribution in [1.82, 2.24) is 14.9 Å². The Balaban J connectivity index is 1.76. The summed E-state index contributed by atoms with van der Waals surface area (Å²) in [6, 6.07) is 17.8. The van der Waals surface area contributed by atoms with E-state index in [2.05, 4.69) is 22.9 Å². The van der Waals surface area contributed by atoms with Gasteiger partial charge in [-0.2, -0.15) is 0 Å². The molecule has 3 rings (SSSR count). The monoisotopic (exact) mass is 361 g/mol.